The fourth-order valence-electron chi connectivity index (χ4n) is 2.21. The molecule has 0 atom stereocenters. The second-order valence-corrected chi connectivity index (χ2v) is 5.75. The van der Waals surface area contributed by atoms with Gasteiger partial charge in [0.05, 0.1) is 10.5 Å². The number of nitrogens with one attached hydrogen (secondary N) is 1. The molecule has 0 radical (unpaired) electrons. The molecule has 2 rings (SSSR count). The first-order chi connectivity index (χ1) is 8.56. The molecule has 0 aliphatic heterocycles. The van der Waals surface area contributed by atoms with Crippen molar-refractivity contribution >= 4 is 22.2 Å². The van der Waals surface area contributed by atoms with Gasteiger partial charge in [-0.2, -0.15) is 0 Å². The SMILES string of the molecule is CC1CCC(NC(=O)c2csc([N+](=O)[O-])c2)CC1. The largest absolute Gasteiger partial charge is 0.349 e. The van der Waals surface area contributed by atoms with Gasteiger partial charge in [0.25, 0.3) is 5.91 Å². The van der Waals surface area contributed by atoms with Crippen molar-refractivity contribution in [1.29, 1.82) is 0 Å². The molecule has 1 N–H and O–H groups in total. The molecular weight excluding hydrogens is 252 g/mol. The standard InChI is InChI=1S/C12H16N2O3S/c1-8-2-4-10(5-3-8)13-12(15)9-6-11(14(16)17)18-7-9/h6-8,10H,2-5H2,1H3,(H,13,15). The maximum Gasteiger partial charge on any atom is 0.324 e. The summed E-state index contributed by atoms with van der Waals surface area (Å²) in [5, 5.41) is 15.1. The van der Waals surface area contributed by atoms with Gasteiger partial charge in [0, 0.05) is 17.5 Å². The summed E-state index contributed by atoms with van der Waals surface area (Å²) in [6, 6.07) is 1.55. The molecule has 5 nitrogen and oxygen atoms in total. The summed E-state index contributed by atoms with van der Waals surface area (Å²) in [6.07, 6.45) is 4.27. The van der Waals surface area contributed by atoms with Gasteiger partial charge < -0.3 is 5.32 Å². The number of hydrogen-bond acceptors (Lipinski definition) is 4. The van der Waals surface area contributed by atoms with Crippen LogP contribution in [0.15, 0.2) is 11.4 Å². The smallest absolute Gasteiger partial charge is 0.324 e. The molecule has 1 amide bonds. The molecule has 6 heteroatoms. The third-order valence-corrected chi connectivity index (χ3v) is 4.26. The summed E-state index contributed by atoms with van der Waals surface area (Å²) in [5.41, 5.74) is 0.394. The van der Waals surface area contributed by atoms with Crippen molar-refractivity contribution in [2.75, 3.05) is 0 Å². The summed E-state index contributed by atoms with van der Waals surface area (Å²) >= 11 is 0.988. The first-order valence-electron chi connectivity index (χ1n) is 6.10. The van der Waals surface area contributed by atoms with Crippen LogP contribution in [0.3, 0.4) is 0 Å². The third-order valence-electron chi connectivity index (χ3n) is 3.38. The zero-order chi connectivity index (χ0) is 13.1. The van der Waals surface area contributed by atoms with Crippen LogP contribution in [0.1, 0.15) is 43.0 Å². The summed E-state index contributed by atoms with van der Waals surface area (Å²) in [7, 11) is 0. The lowest BCUT2D eigenvalue weighted by Crippen LogP contribution is -2.37. The normalized spacial score (nSPS) is 23.6. The predicted octanol–water partition coefficient (Wildman–Crippen LogP) is 2.96. The van der Waals surface area contributed by atoms with Crippen molar-refractivity contribution in [1.82, 2.24) is 5.32 Å². The van der Waals surface area contributed by atoms with Crippen LogP contribution in [0.2, 0.25) is 0 Å². The Morgan fingerprint density at radius 3 is 2.67 bits per heavy atom. The van der Waals surface area contributed by atoms with Gasteiger partial charge in [0.1, 0.15) is 0 Å². The molecule has 1 fully saturated rings. The zero-order valence-corrected chi connectivity index (χ0v) is 11.0. The third kappa shape index (κ3) is 3.07. The van der Waals surface area contributed by atoms with Crippen LogP contribution in [0.5, 0.6) is 0 Å². The van der Waals surface area contributed by atoms with Gasteiger partial charge in [-0.15, -0.1) is 0 Å². The maximum absolute atomic E-state index is 11.9. The van der Waals surface area contributed by atoms with E-state index >= 15 is 0 Å². The summed E-state index contributed by atoms with van der Waals surface area (Å²) in [4.78, 5) is 22.0. The van der Waals surface area contributed by atoms with Crippen molar-refractivity contribution < 1.29 is 9.72 Å². The quantitative estimate of drug-likeness (QED) is 0.676. The Morgan fingerprint density at radius 1 is 1.44 bits per heavy atom. The minimum Gasteiger partial charge on any atom is -0.349 e. The van der Waals surface area contributed by atoms with E-state index in [1.54, 1.807) is 5.38 Å². The lowest BCUT2D eigenvalue weighted by Gasteiger charge is -2.26. The van der Waals surface area contributed by atoms with Crippen LogP contribution >= 0.6 is 11.3 Å². The minimum absolute atomic E-state index is 0.0115. The molecule has 0 spiro atoms. The number of hydrogen-bond donors (Lipinski definition) is 1. The molecule has 18 heavy (non-hydrogen) atoms. The van der Waals surface area contributed by atoms with E-state index in [1.165, 1.54) is 6.07 Å². The molecule has 1 saturated carbocycles. The van der Waals surface area contributed by atoms with Gasteiger partial charge in [0.15, 0.2) is 0 Å². The van der Waals surface area contributed by atoms with Gasteiger partial charge >= 0.3 is 5.00 Å². The molecule has 0 saturated heterocycles. The highest BCUT2D eigenvalue weighted by Gasteiger charge is 2.21. The highest BCUT2D eigenvalue weighted by atomic mass is 32.1. The highest BCUT2D eigenvalue weighted by Crippen LogP contribution is 2.25. The van der Waals surface area contributed by atoms with E-state index < -0.39 is 4.92 Å². The predicted molar refractivity (Wildman–Crippen MR) is 69.9 cm³/mol. The van der Waals surface area contributed by atoms with Gasteiger partial charge in [-0.1, -0.05) is 18.3 Å². The molecular formula is C12H16N2O3S. The second-order valence-electron chi connectivity index (χ2n) is 4.86. The van der Waals surface area contributed by atoms with Crippen molar-refractivity contribution in [3.63, 3.8) is 0 Å². The molecule has 1 aromatic heterocycles. The van der Waals surface area contributed by atoms with Crippen LogP contribution < -0.4 is 5.32 Å². The summed E-state index contributed by atoms with van der Waals surface area (Å²) in [6.45, 7) is 2.22. The molecule has 1 aromatic rings. The molecule has 98 valence electrons. The molecule has 1 aliphatic rings. The van der Waals surface area contributed by atoms with E-state index in [4.69, 9.17) is 0 Å². The highest BCUT2D eigenvalue weighted by molar-refractivity contribution is 7.13. The number of rotatable bonds is 3. The number of nitro groups is 1. The van der Waals surface area contributed by atoms with Crippen LogP contribution in [0.25, 0.3) is 0 Å². The molecule has 0 unspecified atom stereocenters. The number of carbonyl (C=O) groups excluding carboxylic acids is 1. The Hall–Kier alpha value is -1.43. The monoisotopic (exact) mass is 268 g/mol. The van der Waals surface area contributed by atoms with Crippen LogP contribution in [0, 0.1) is 16.0 Å². The van der Waals surface area contributed by atoms with Crippen LogP contribution in [0.4, 0.5) is 5.00 Å². The lowest BCUT2D eigenvalue weighted by molar-refractivity contribution is -0.380. The second kappa shape index (κ2) is 5.48. The van der Waals surface area contributed by atoms with Crippen molar-refractivity contribution in [3.05, 3.63) is 27.1 Å². The first kappa shape index (κ1) is 13.0. The Bertz CT molecular complexity index is 450. The summed E-state index contributed by atoms with van der Waals surface area (Å²) < 4.78 is 0. The molecule has 1 aliphatic carbocycles. The first-order valence-corrected chi connectivity index (χ1v) is 6.98. The average Bonchev–Trinajstić information content (AvgIpc) is 2.81. The number of thiophene rings is 1. The number of nitrogens with zero attached hydrogens (tertiary/aromatic N) is 1. The Morgan fingerprint density at radius 2 is 2.11 bits per heavy atom. The number of amides is 1. The van der Waals surface area contributed by atoms with E-state index in [0.29, 0.717) is 5.56 Å². The van der Waals surface area contributed by atoms with E-state index in [9.17, 15) is 14.9 Å². The molecule has 0 bridgehead atoms. The Labute approximate surface area is 109 Å². The summed E-state index contributed by atoms with van der Waals surface area (Å²) in [5.74, 6) is 0.541. The molecule has 0 aromatic carbocycles. The average molecular weight is 268 g/mol. The van der Waals surface area contributed by atoms with Crippen LogP contribution in [-0.2, 0) is 0 Å². The van der Waals surface area contributed by atoms with Gasteiger partial charge in [-0.25, -0.2) is 0 Å². The Kier molecular flexibility index (Phi) is 3.96. The van der Waals surface area contributed by atoms with E-state index in [0.717, 1.165) is 42.9 Å². The number of carbonyl (C=O) groups is 1. The maximum atomic E-state index is 11.9. The van der Waals surface area contributed by atoms with Gasteiger partial charge in [0.2, 0.25) is 0 Å². The molecule has 1 heterocycles. The van der Waals surface area contributed by atoms with Crippen molar-refractivity contribution in [3.8, 4) is 0 Å². The minimum atomic E-state index is -0.469. The van der Waals surface area contributed by atoms with Crippen LogP contribution in [-0.4, -0.2) is 16.9 Å². The van der Waals surface area contributed by atoms with Crippen molar-refractivity contribution in [2.24, 2.45) is 5.92 Å². The topological polar surface area (TPSA) is 72.2 Å². The lowest BCUT2D eigenvalue weighted by atomic mass is 9.87. The van der Waals surface area contributed by atoms with E-state index in [-0.39, 0.29) is 17.0 Å². The fourth-order valence-corrected chi connectivity index (χ4v) is 2.92. The van der Waals surface area contributed by atoms with Crippen molar-refractivity contribution in [2.45, 2.75) is 38.6 Å². The Balaban J connectivity index is 1.93. The zero-order valence-electron chi connectivity index (χ0n) is 10.2. The fraction of sp³-hybridized carbons (Fsp3) is 0.583. The van der Waals surface area contributed by atoms with Gasteiger partial charge in [-0.05, 0) is 31.6 Å². The van der Waals surface area contributed by atoms with E-state index in [1.807, 2.05) is 0 Å². The van der Waals surface area contributed by atoms with E-state index in [2.05, 4.69) is 12.2 Å². The van der Waals surface area contributed by atoms with Gasteiger partial charge in [-0.3, -0.25) is 14.9 Å².